The van der Waals surface area contributed by atoms with Crippen LogP contribution in [0.15, 0.2) is 54.6 Å². The molecule has 2 rings (SSSR count). The van der Waals surface area contributed by atoms with Crippen LogP contribution in [-0.4, -0.2) is 31.6 Å². The van der Waals surface area contributed by atoms with Gasteiger partial charge in [-0.05, 0) is 39.7 Å². The maximum atomic E-state index is 12.6. The molecule has 0 heterocycles. The summed E-state index contributed by atoms with van der Waals surface area (Å²) >= 11 is 7.93. The van der Waals surface area contributed by atoms with Crippen LogP contribution in [0.3, 0.4) is 0 Å². The first-order valence-electron chi connectivity index (χ1n) is 9.74. The lowest BCUT2D eigenvalue weighted by Gasteiger charge is -2.26. The lowest BCUT2D eigenvalue weighted by molar-refractivity contribution is -0.147. The van der Waals surface area contributed by atoms with Crippen molar-refractivity contribution in [2.45, 2.75) is 50.2 Å². The first kappa shape index (κ1) is 24.7. The molecule has 0 fully saturated rings. The van der Waals surface area contributed by atoms with Gasteiger partial charge in [-0.1, -0.05) is 90.4 Å². The van der Waals surface area contributed by atoms with Crippen LogP contribution >= 0.6 is 35.7 Å². The maximum Gasteiger partial charge on any atom is 0.322 e. The van der Waals surface area contributed by atoms with E-state index in [2.05, 4.69) is 6.08 Å². The molecule has 0 N–H and O–H groups in total. The summed E-state index contributed by atoms with van der Waals surface area (Å²) in [4.78, 5) is 25.1. The van der Waals surface area contributed by atoms with Crippen molar-refractivity contribution >= 4 is 51.2 Å². The van der Waals surface area contributed by atoms with Gasteiger partial charge in [0.2, 0.25) is 0 Å². The summed E-state index contributed by atoms with van der Waals surface area (Å²) in [6.45, 7) is 7.67. The molecule has 0 bridgehead atoms. The van der Waals surface area contributed by atoms with Gasteiger partial charge in [-0.25, -0.2) is 0 Å². The normalized spacial score (nSPS) is 16.2. The number of ether oxygens (including phenoxy) is 2. The van der Waals surface area contributed by atoms with E-state index in [9.17, 15) is 9.59 Å². The lowest BCUT2D eigenvalue weighted by Crippen LogP contribution is -2.34. The van der Waals surface area contributed by atoms with E-state index in [0.29, 0.717) is 10.1 Å². The molecule has 0 amide bonds. The zero-order valence-corrected chi connectivity index (χ0v) is 20.2. The smallest absolute Gasteiger partial charge is 0.322 e. The molecular weight excluding hydrogens is 436 g/mol. The van der Waals surface area contributed by atoms with E-state index in [-0.39, 0.29) is 24.5 Å². The third kappa shape index (κ3) is 7.93. The zero-order chi connectivity index (χ0) is 22.2. The second kappa shape index (κ2) is 11.2. The molecule has 0 saturated heterocycles. The van der Waals surface area contributed by atoms with Crippen molar-refractivity contribution in [1.29, 1.82) is 0 Å². The van der Waals surface area contributed by atoms with Gasteiger partial charge in [0.15, 0.2) is 0 Å². The number of thiocarbonyl (C=S) groups is 1. The van der Waals surface area contributed by atoms with Gasteiger partial charge < -0.3 is 9.47 Å². The summed E-state index contributed by atoms with van der Waals surface area (Å²) in [5, 5.41) is 0. The van der Waals surface area contributed by atoms with E-state index in [0.717, 1.165) is 12.0 Å². The average Bonchev–Trinajstić information content (AvgIpc) is 2.70. The van der Waals surface area contributed by atoms with Crippen molar-refractivity contribution < 1.29 is 19.1 Å². The fraction of sp³-hybridized carbons (Fsp3) is 0.435. The molecule has 0 saturated carbocycles. The number of allylic oxidation sites excluding steroid dienone is 3. The molecule has 1 unspecified atom stereocenters. The van der Waals surface area contributed by atoms with Crippen molar-refractivity contribution in [2.24, 2.45) is 5.92 Å². The van der Waals surface area contributed by atoms with Crippen LogP contribution < -0.4 is 0 Å². The van der Waals surface area contributed by atoms with Gasteiger partial charge in [-0.3, -0.25) is 9.59 Å². The minimum atomic E-state index is -0.863. The van der Waals surface area contributed by atoms with Crippen LogP contribution in [0.25, 0.3) is 0 Å². The Bertz CT molecular complexity index is 813. The predicted molar refractivity (Wildman–Crippen MR) is 130 cm³/mol. The van der Waals surface area contributed by atoms with Crippen molar-refractivity contribution in [3.05, 3.63) is 60.2 Å². The fourth-order valence-electron chi connectivity index (χ4n) is 2.53. The van der Waals surface area contributed by atoms with E-state index in [1.54, 1.807) is 27.7 Å². The number of rotatable bonds is 8. The summed E-state index contributed by atoms with van der Waals surface area (Å²) in [6.07, 6.45) is 8.92. The van der Waals surface area contributed by atoms with E-state index in [4.69, 9.17) is 21.7 Å². The van der Waals surface area contributed by atoms with Gasteiger partial charge in [-0.15, -0.1) is 0 Å². The minimum absolute atomic E-state index is 0.208. The second-order valence-electron chi connectivity index (χ2n) is 7.94. The Morgan fingerprint density at radius 2 is 1.60 bits per heavy atom. The molecule has 0 spiro atoms. The molecule has 0 radical (unpaired) electrons. The number of thioether (sulfide) groups is 2. The predicted octanol–water partition coefficient (Wildman–Crippen LogP) is 5.71. The summed E-state index contributed by atoms with van der Waals surface area (Å²) in [6, 6.07) is 9.52. The molecule has 1 aliphatic carbocycles. The topological polar surface area (TPSA) is 52.6 Å². The first-order chi connectivity index (χ1) is 14.1. The van der Waals surface area contributed by atoms with E-state index in [1.807, 2.05) is 48.6 Å². The second-order valence-corrected chi connectivity index (χ2v) is 12.4. The van der Waals surface area contributed by atoms with Crippen molar-refractivity contribution in [3.63, 3.8) is 0 Å². The Balaban J connectivity index is 1.82. The quantitative estimate of drug-likeness (QED) is 0.360. The molecule has 1 aromatic carbocycles. The average molecular weight is 465 g/mol. The highest BCUT2D eigenvalue weighted by Crippen LogP contribution is 2.38. The Kier molecular flexibility index (Phi) is 9.19. The van der Waals surface area contributed by atoms with Crippen LogP contribution in [0.5, 0.6) is 0 Å². The van der Waals surface area contributed by atoms with Crippen LogP contribution in [-0.2, 0) is 25.7 Å². The Hall–Kier alpha value is -1.57. The molecule has 162 valence electrons. The van der Waals surface area contributed by atoms with Crippen LogP contribution in [0.1, 0.15) is 39.7 Å². The van der Waals surface area contributed by atoms with Gasteiger partial charge in [-0.2, -0.15) is 0 Å². The molecule has 7 heteroatoms. The molecular formula is C23H28O4S3. The third-order valence-corrected chi connectivity index (χ3v) is 7.06. The van der Waals surface area contributed by atoms with Crippen LogP contribution in [0.2, 0.25) is 0 Å². The Labute approximate surface area is 192 Å². The largest absolute Gasteiger partial charge is 0.464 e. The Morgan fingerprint density at radius 3 is 2.17 bits per heavy atom. The summed E-state index contributed by atoms with van der Waals surface area (Å²) in [5.74, 6) is -0.459. The number of hydrogen-bond donors (Lipinski definition) is 0. The number of hydrogen-bond acceptors (Lipinski definition) is 7. The van der Waals surface area contributed by atoms with Crippen LogP contribution in [0.4, 0.5) is 0 Å². The van der Waals surface area contributed by atoms with Gasteiger partial charge in [0.05, 0.1) is 6.61 Å². The molecule has 1 atom stereocenters. The SMILES string of the molecule is CC(C)(SC(=S)SC(C)(C)C(=O)OCC1C=CC=CC1)C(=O)OCc1ccccc1. The summed E-state index contributed by atoms with van der Waals surface area (Å²) in [5.41, 5.74) is 0.927. The highest BCUT2D eigenvalue weighted by molar-refractivity contribution is 8.48. The molecule has 4 nitrogen and oxygen atoms in total. The number of carbonyl (C=O) groups is 2. The van der Waals surface area contributed by atoms with E-state index in [1.165, 1.54) is 23.5 Å². The maximum absolute atomic E-state index is 12.6. The fourth-order valence-corrected chi connectivity index (χ4v) is 6.31. The van der Waals surface area contributed by atoms with Gasteiger partial charge >= 0.3 is 11.9 Å². The molecule has 30 heavy (non-hydrogen) atoms. The number of esters is 2. The van der Waals surface area contributed by atoms with Gasteiger partial charge in [0.25, 0.3) is 0 Å². The van der Waals surface area contributed by atoms with Crippen molar-refractivity contribution in [1.82, 2.24) is 0 Å². The van der Waals surface area contributed by atoms with Crippen LogP contribution in [0, 0.1) is 5.92 Å². The van der Waals surface area contributed by atoms with E-state index < -0.39 is 9.49 Å². The standard InChI is InChI=1S/C23H28O4S3/c1-22(2,19(24)26-15-17-11-7-5-8-12-17)29-21(28)30-23(3,4)20(25)27-16-18-13-9-6-10-14-18/h5-13,18H,14-16H2,1-4H3. The Morgan fingerprint density at radius 1 is 1.00 bits per heavy atom. The zero-order valence-electron chi connectivity index (χ0n) is 17.8. The summed E-state index contributed by atoms with van der Waals surface area (Å²) in [7, 11) is 0. The van der Waals surface area contributed by atoms with E-state index >= 15 is 0 Å². The first-order valence-corrected chi connectivity index (χ1v) is 11.8. The number of carbonyl (C=O) groups excluding carboxylic acids is 2. The molecule has 0 aromatic heterocycles. The highest BCUT2D eigenvalue weighted by Gasteiger charge is 2.37. The highest BCUT2D eigenvalue weighted by atomic mass is 32.2. The van der Waals surface area contributed by atoms with Gasteiger partial charge in [0.1, 0.15) is 19.6 Å². The third-order valence-electron chi connectivity index (χ3n) is 4.37. The number of benzene rings is 1. The molecule has 1 aliphatic rings. The lowest BCUT2D eigenvalue weighted by atomic mass is 10.0. The van der Waals surface area contributed by atoms with Crippen molar-refractivity contribution in [2.75, 3.05) is 6.61 Å². The monoisotopic (exact) mass is 464 g/mol. The van der Waals surface area contributed by atoms with Gasteiger partial charge in [0, 0.05) is 5.92 Å². The summed E-state index contributed by atoms with van der Waals surface area (Å²) < 4.78 is 9.74. The van der Waals surface area contributed by atoms with Crippen molar-refractivity contribution in [3.8, 4) is 0 Å². The molecule has 1 aromatic rings. The minimum Gasteiger partial charge on any atom is -0.464 e. The molecule has 0 aliphatic heterocycles.